The van der Waals surface area contributed by atoms with Crippen molar-refractivity contribution in [2.24, 2.45) is 5.92 Å². The van der Waals surface area contributed by atoms with Crippen molar-refractivity contribution in [3.8, 4) is 11.1 Å². The Balaban J connectivity index is 1.41. The van der Waals surface area contributed by atoms with Crippen LogP contribution in [0, 0.1) is 19.8 Å². The third-order valence-corrected chi connectivity index (χ3v) is 7.46. The second kappa shape index (κ2) is 9.99. The van der Waals surface area contributed by atoms with Crippen molar-refractivity contribution in [3.05, 3.63) is 112 Å². The molecule has 6 heteroatoms. The number of benzene rings is 1. The number of nitrogens with one attached hydrogen (secondary N) is 2. The molecule has 4 N–H and O–H groups in total. The highest BCUT2D eigenvalue weighted by Gasteiger charge is 2.24. The maximum atomic E-state index is 6.39. The molecule has 1 aliphatic rings. The Morgan fingerprint density at radius 1 is 1.17 bits per heavy atom. The first-order valence-electron chi connectivity index (χ1n) is 12.2. The van der Waals surface area contributed by atoms with Crippen molar-refractivity contribution < 1.29 is 0 Å². The molecule has 1 aliphatic carbocycles. The number of H-pyrrole nitrogens is 1. The normalized spacial score (nSPS) is 13.6. The van der Waals surface area contributed by atoms with E-state index in [0.717, 1.165) is 56.5 Å². The zero-order valence-electron chi connectivity index (χ0n) is 20.8. The summed E-state index contributed by atoms with van der Waals surface area (Å²) in [6.07, 6.45) is 10.6. The van der Waals surface area contributed by atoms with Gasteiger partial charge in [-0.25, -0.2) is 4.98 Å². The molecule has 4 aromatic rings. The summed E-state index contributed by atoms with van der Waals surface area (Å²) in [4.78, 5) is 15.3. The van der Waals surface area contributed by atoms with Crippen LogP contribution in [-0.2, 0) is 6.42 Å². The first-order chi connectivity index (χ1) is 17.4. The molecule has 5 nitrogen and oxygen atoms in total. The van der Waals surface area contributed by atoms with Crippen LogP contribution in [0.2, 0.25) is 0 Å². The summed E-state index contributed by atoms with van der Waals surface area (Å²) in [5, 5.41) is 3.42. The Morgan fingerprint density at radius 2 is 2.00 bits per heavy atom. The smallest absolute Gasteiger partial charge is 0.111 e. The van der Waals surface area contributed by atoms with Crippen molar-refractivity contribution >= 4 is 28.3 Å². The summed E-state index contributed by atoms with van der Waals surface area (Å²) in [6, 6.07) is 12.5. The van der Waals surface area contributed by atoms with Gasteiger partial charge in [-0.1, -0.05) is 31.4 Å². The van der Waals surface area contributed by atoms with Gasteiger partial charge in [0.1, 0.15) is 5.82 Å². The molecule has 5 rings (SSSR count). The van der Waals surface area contributed by atoms with Crippen LogP contribution in [0.1, 0.15) is 45.4 Å². The van der Waals surface area contributed by atoms with Gasteiger partial charge in [-0.15, -0.1) is 11.3 Å². The molecule has 1 aromatic carbocycles. The molecule has 0 amide bonds. The van der Waals surface area contributed by atoms with Crippen molar-refractivity contribution in [1.82, 2.24) is 15.0 Å². The third-order valence-electron chi connectivity index (χ3n) is 6.43. The van der Waals surface area contributed by atoms with E-state index < -0.39 is 0 Å². The number of hydrogen-bond acceptors (Lipinski definition) is 5. The average molecular weight is 494 g/mol. The largest absolute Gasteiger partial charge is 0.398 e. The summed E-state index contributed by atoms with van der Waals surface area (Å²) >= 11 is 1.76. The minimum Gasteiger partial charge on any atom is -0.398 e. The van der Waals surface area contributed by atoms with Crippen molar-refractivity contribution in [3.63, 3.8) is 0 Å². The van der Waals surface area contributed by atoms with Gasteiger partial charge in [0.15, 0.2) is 0 Å². The Morgan fingerprint density at radius 3 is 2.72 bits per heavy atom. The number of hydrogen-bond donors (Lipinski definition) is 3. The number of nitrogens with zero attached hydrogens (tertiary/aromatic N) is 2. The van der Waals surface area contributed by atoms with Crippen LogP contribution < -0.4 is 11.1 Å². The summed E-state index contributed by atoms with van der Waals surface area (Å²) in [6.45, 7) is 12.2. The molecule has 0 radical (unpaired) electrons. The lowest BCUT2D eigenvalue weighted by Gasteiger charge is -2.11. The van der Waals surface area contributed by atoms with Crippen LogP contribution >= 0.6 is 11.3 Å². The fourth-order valence-electron chi connectivity index (χ4n) is 4.35. The highest BCUT2D eigenvalue weighted by molar-refractivity contribution is 7.13. The molecule has 0 spiro atoms. The van der Waals surface area contributed by atoms with E-state index in [1.807, 2.05) is 36.7 Å². The van der Waals surface area contributed by atoms with Crippen LogP contribution in [0.5, 0.6) is 0 Å². The number of pyridine rings is 1. The fourth-order valence-corrected chi connectivity index (χ4v) is 5.24. The van der Waals surface area contributed by atoms with Crippen LogP contribution in [0.4, 0.5) is 11.4 Å². The number of aromatic amines is 1. The van der Waals surface area contributed by atoms with E-state index in [1.165, 1.54) is 22.6 Å². The van der Waals surface area contributed by atoms with Crippen molar-refractivity contribution in [2.45, 2.75) is 33.1 Å². The molecule has 0 bridgehead atoms. The van der Waals surface area contributed by atoms with Gasteiger partial charge in [0.05, 0.1) is 17.6 Å². The van der Waals surface area contributed by atoms with Crippen molar-refractivity contribution in [2.75, 3.05) is 11.1 Å². The second-order valence-corrected chi connectivity index (χ2v) is 10.6. The van der Waals surface area contributed by atoms with E-state index >= 15 is 0 Å². The van der Waals surface area contributed by atoms with Crippen LogP contribution in [0.15, 0.2) is 79.8 Å². The molecule has 0 atom stereocenters. The minimum atomic E-state index is 0.587. The summed E-state index contributed by atoms with van der Waals surface area (Å²) in [5.74, 6) is 1.47. The summed E-state index contributed by atoms with van der Waals surface area (Å²) in [7, 11) is 0. The highest BCUT2D eigenvalue weighted by Crippen LogP contribution is 2.36. The number of aryl methyl sites for hydroxylation is 2. The number of allylic oxidation sites excluding steroid dienone is 3. The lowest BCUT2D eigenvalue weighted by atomic mass is 10.0. The molecule has 3 aromatic heterocycles. The number of thiophene rings is 1. The number of imidazole rings is 1. The quantitative estimate of drug-likeness (QED) is 0.169. The van der Waals surface area contributed by atoms with Gasteiger partial charge in [0, 0.05) is 50.6 Å². The lowest BCUT2D eigenvalue weighted by molar-refractivity contribution is 1.02. The zero-order valence-corrected chi connectivity index (χ0v) is 21.6. The molecular formula is C30H31N5S. The number of anilines is 2. The molecule has 1 fully saturated rings. The van der Waals surface area contributed by atoms with Crippen LogP contribution in [0.25, 0.3) is 16.7 Å². The third kappa shape index (κ3) is 5.19. The van der Waals surface area contributed by atoms with Crippen LogP contribution in [-0.4, -0.2) is 15.0 Å². The molecule has 0 unspecified atom stereocenters. The standard InChI is InChI=1S/C30H31N5S/c1-5-6-26(28-12-7-18(2)36-28)30-20(4)34-29(35-30)15-23-13-22(10-11-27(23)31)24-14-25(17-32-16-24)33-19(3)21-8-9-21/h5-7,10-14,16-17,21,33H,1,3,8-9,15,31H2,2,4H3,(H,34,35)/b26-6-. The molecule has 3 heterocycles. The van der Waals surface area contributed by atoms with E-state index in [2.05, 4.69) is 66.6 Å². The SMILES string of the molecule is C=C/C=C(/c1ccc(C)s1)c1nc(Cc2cc(-c3cncc(NC(=C)C4CC4)c3)ccc2N)[nH]c1C. The monoisotopic (exact) mass is 493 g/mol. The molecular weight excluding hydrogens is 462 g/mol. The van der Waals surface area contributed by atoms with Gasteiger partial charge >= 0.3 is 0 Å². The first kappa shape index (κ1) is 23.8. The molecule has 0 saturated heterocycles. The van der Waals surface area contributed by atoms with Gasteiger partial charge < -0.3 is 16.0 Å². The Labute approximate surface area is 216 Å². The molecule has 0 aliphatic heterocycles. The van der Waals surface area contributed by atoms with Crippen molar-refractivity contribution in [1.29, 1.82) is 0 Å². The summed E-state index contributed by atoms with van der Waals surface area (Å²) in [5.41, 5.74) is 15.3. The van der Waals surface area contributed by atoms with E-state index in [0.29, 0.717) is 12.3 Å². The van der Waals surface area contributed by atoms with Crippen LogP contribution in [0.3, 0.4) is 0 Å². The first-order valence-corrected chi connectivity index (χ1v) is 13.0. The zero-order chi connectivity index (χ0) is 25.2. The Hall–Kier alpha value is -3.90. The maximum Gasteiger partial charge on any atom is 0.111 e. The number of nitrogen functional groups attached to an aromatic ring is 1. The fraction of sp³-hybridized carbons (Fsp3) is 0.200. The van der Waals surface area contributed by atoms with Gasteiger partial charge in [0.2, 0.25) is 0 Å². The molecule has 182 valence electrons. The maximum absolute atomic E-state index is 6.39. The van der Waals surface area contributed by atoms with E-state index in [9.17, 15) is 0 Å². The van der Waals surface area contributed by atoms with Gasteiger partial charge in [-0.3, -0.25) is 4.98 Å². The predicted octanol–water partition coefficient (Wildman–Crippen LogP) is 7.28. The van der Waals surface area contributed by atoms with Gasteiger partial charge in [0.25, 0.3) is 0 Å². The second-order valence-electron chi connectivity index (χ2n) is 9.36. The average Bonchev–Trinajstić information content (AvgIpc) is 3.54. The summed E-state index contributed by atoms with van der Waals surface area (Å²) < 4.78 is 0. The van der Waals surface area contributed by atoms with E-state index in [4.69, 9.17) is 10.7 Å². The number of nitrogens with two attached hydrogens (primary N) is 1. The number of rotatable bonds is 9. The highest BCUT2D eigenvalue weighted by atomic mass is 32.1. The Bertz CT molecular complexity index is 1470. The predicted molar refractivity (Wildman–Crippen MR) is 152 cm³/mol. The lowest BCUT2D eigenvalue weighted by Crippen LogP contribution is -2.01. The number of aromatic nitrogens is 3. The van der Waals surface area contributed by atoms with Gasteiger partial charge in [-0.05, 0) is 74.1 Å². The molecule has 36 heavy (non-hydrogen) atoms. The topological polar surface area (TPSA) is 79.6 Å². The van der Waals surface area contributed by atoms with E-state index in [-0.39, 0.29) is 0 Å². The van der Waals surface area contributed by atoms with Gasteiger partial charge in [-0.2, -0.15) is 0 Å². The Kier molecular flexibility index (Phi) is 6.61. The van der Waals surface area contributed by atoms with E-state index in [1.54, 1.807) is 11.3 Å². The minimum absolute atomic E-state index is 0.587. The molecule has 1 saturated carbocycles.